The Bertz CT molecular complexity index is 1220. The molecule has 2 aliphatic heterocycles. The van der Waals surface area contributed by atoms with Crippen molar-refractivity contribution in [2.75, 3.05) is 19.7 Å². The second-order valence-electron chi connectivity index (χ2n) is 18.2. The number of aliphatic hydroxyl groups excluding tert-OH is 1. The molecule has 0 aromatic carbocycles. The molecule has 2 heterocycles. The quantitative estimate of drug-likeness (QED) is 0.249. The highest BCUT2D eigenvalue weighted by molar-refractivity contribution is 7.66. The molecule has 7 aliphatic rings. The third-order valence-corrected chi connectivity index (χ3v) is 16.9. The SMILES string of the molecule is CC(=O)O[C@@H](C1C[C@@H](C)[C@H]2C(O1)[C@H](O)[C@@]1(C)C3CC[C@H]4C(C)(C)[C@@H](OC5CN(PCl)CCO5)CC[C@@]45CC35CC[C@]21C)C(C)(C)O. The van der Waals surface area contributed by atoms with Gasteiger partial charge in [-0.1, -0.05) is 45.9 Å². The fourth-order valence-corrected chi connectivity index (χ4v) is 14.4. The molecule has 5 saturated carbocycles. The van der Waals surface area contributed by atoms with Crippen molar-refractivity contribution < 1.29 is 34.0 Å². The molecule has 262 valence electrons. The van der Waals surface area contributed by atoms with E-state index in [1.807, 2.05) is 0 Å². The summed E-state index contributed by atoms with van der Waals surface area (Å²) in [6.45, 7) is 19.1. The van der Waals surface area contributed by atoms with Gasteiger partial charge >= 0.3 is 5.97 Å². The molecule has 2 N–H and O–H groups in total. The fraction of sp³-hybridized carbons (Fsp3) is 0.972. The lowest BCUT2D eigenvalue weighted by molar-refractivity contribution is -0.243. The number of hydrogen-bond acceptors (Lipinski definition) is 8. The molecule has 5 aliphatic carbocycles. The summed E-state index contributed by atoms with van der Waals surface area (Å²) >= 11 is 6.19. The highest BCUT2D eigenvalue weighted by atomic mass is 35.7. The average Bonchev–Trinajstić information content (AvgIpc) is 3.61. The molecule has 10 heteroatoms. The van der Waals surface area contributed by atoms with Gasteiger partial charge in [0.15, 0.2) is 12.4 Å². The molecule has 0 amide bonds. The van der Waals surface area contributed by atoms with Crippen molar-refractivity contribution in [2.24, 2.45) is 50.7 Å². The fourth-order valence-electron chi connectivity index (χ4n) is 13.6. The summed E-state index contributed by atoms with van der Waals surface area (Å²) in [5, 5.41) is 23.6. The second kappa shape index (κ2) is 11.2. The molecule has 7 fully saturated rings. The maximum atomic E-state index is 12.5. The zero-order chi connectivity index (χ0) is 33.2. The number of carbonyl (C=O) groups excluding carboxylic acids is 1. The number of rotatable bonds is 6. The van der Waals surface area contributed by atoms with Gasteiger partial charge in [-0.25, -0.2) is 0 Å². The molecule has 0 bridgehead atoms. The zero-order valence-corrected chi connectivity index (χ0v) is 31.1. The maximum Gasteiger partial charge on any atom is 0.303 e. The van der Waals surface area contributed by atoms with Gasteiger partial charge in [0.25, 0.3) is 0 Å². The van der Waals surface area contributed by atoms with E-state index >= 15 is 0 Å². The van der Waals surface area contributed by atoms with E-state index in [0.29, 0.717) is 30.3 Å². The van der Waals surface area contributed by atoms with Crippen LogP contribution in [0.5, 0.6) is 0 Å². The Labute approximate surface area is 283 Å². The predicted octanol–water partition coefficient (Wildman–Crippen LogP) is 6.29. The first-order valence-electron chi connectivity index (χ1n) is 18.1. The molecular formula is C36H59ClNO7P. The molecule has 7 rings (SSSR count). The third-order valence-electron chi connectivity index (χ3n) is 15.6. The Hall–Kier alpha value is -0.0500. The first-order valence-corrected chi connectivity index (χ1v) is 20.0. The molecule has 6 unspecified atom stereocenters. The van der Waals surface area contributed by atoms with Crippen LogP contribution < -0.4 is 0 Å². The molecular weight excluding hydrogens is 625 g/mol. The van der Waals surface area contributed by atoms with Crippen LogP contribution in [0.4, 0.5) is 0 Å². The van der Waals surface area contributed by atoms with E-state index in [4.69, 9.17) is 30.2 Å². The van der Waals surface area contributed by atoms with E-state index < -0.39 is 29.9 Å². The standard InChI is InChI=1S/C36H59ClNO7P/c1-20-17-22(30(32(5,6)41)43-21(2)39)44-28-27(20)33(7)13-14-36-19-35(36)12-11-25(45-26-18-38(46-37)15-16-42-26)31(3,4)23(35)9-10-24(36)34(33,8)29(28)40/h20,22-30,40-41,46H,9-19H2,1-8H3/t20-,22?,23+,24?,25+,26?,27+,28?,29+,30+,33-,34-,35-,36?/m1/s1. The first-order chi connectivity index (χ1) is 21.5. The highest BCUT2D eigenvalue weighted by Crippen LogP contribution is 2.89. The summed E-state index contributed by atoms with van der Waals surface area (Å²) in [7, 11) is 0.261. The number of carbonyl (C=O) groups is 1. The third kappa shape index (κ3) is 4.66. The van der Waals surface area contributed by atoms with Gasteiger partial charge < -0.3 is 29.2 Å². The summed E-state index contributed by atoms with van der Waals surface area (Å²) in [4.78, 5) is 12.1. The predicted molar refractivity (Wildman–Crippen MR) is 178 cm³/mol. The number of halogens is 1. The van der Waals surface area contributed by atoms with Crippen LogP contribution in [0.15, 0.2) is 0 Å². The Morgan fingerprint density at radius 1 is 1.09 bits per heavy atom. The number of ether oxygens (including phenoxy) is 4. The van der Waals surface area contributed by atoms with E-state index in [1.54, 1.807) is 13.8 Å². The van der Waals surface area contributed by atoms with Crippen LogP contribution in [-0.4, -0.2) is 83.0 Å². The van der Waals surface area contributed by atoms with Gasteiger partial charge in [-0.15, -0.1) is 0 Å². The number of morpholine rings is 1. The summed E-state index contributed by atoms with van der Waals surface area (Å²) in [5.74, 6) is 1.10. The largest absolute Gasteiger partial charge is 0.457 e. The number of aliphatic hydroxyl groups is 2. The summed E-state index contributed by atoms with van der Waals surface area (Å²) in [6, 6.07) is 0. The minimum absolute atomic E-state index is 0.0409. The van der Waals surface area contributed by atoms with Crippen LogP contribution in [0, 0.1) is 50.7 Å². The van der Waals surface area contributed by atoms with Crippen LogP contribution in [0.2, 0.25) is 0 Å². The highest BCUT2D eigenvalue weighted by Gasteiger charge is 2.84. The first kappa shape index (κ1) is 34.4. The van der Waals surface area contributed by atoms with Crippen LogP contribution in [0.3, 0.4) is 0 Å². The van der Waals surface area contributed by atoms with Gasteiger partial charge in [0.2, 0.25) is 0 Å². The molecule has 0 radical (unpaired) electrons. The van der Waals surface area contributed by atoms with Crippen molar-refractivity contribution >= 4 is 25.3 Å². The summed E-state index contributed by atoms with van der Waals surface area (Å²) in [5.41, 5.74) is -0.970. The summed E-state index contributed by atoms with van der Waals surface area (Å²) < 4.78 is 27.6. The van der Waals surface area contributed by atoms with Gasteiger partial charge in [-0.2, -0.15) is 0 Å². The monoisotopic (exact) mass is 683 g/mol. The maximum absolute atomic E-state index is 12.5. The van der Waals surface area contributed by atoms with Gasteiger partial charge in [0.1, 0.15) is 0 Å². The number of nitrogens with zero attached hydrogens (tertiary/aromatic N) is 1. The molecule has 15 atom stereocenters. The van der Waals surface area contributed by atoms with Crippen molar-refractivity contribution in [1.29, 1.82) is 0 Å². The van der Waals surface area contributed by atoms with Crippen molar-refractivity contribution in [1.82, 2.24) is 4.67 Å². The van der Waals surface area contributed by atoms with Crippen LogP contribution in [0.1, 0.15) is 107 Å². The van der Waals surface area contributed by atoms with Crippen LogP contribution in [-0.2, 0) is 23.7 Å². The normalized spacial score (nSPS) is 52.2. The number of fused-ring (bicyclic) bond motifs is 4. The second-order valence-corrected chi connectivity index (χ2v) is 19.5. The lowest BCUT2D eigenvalue weighted by Gasteiger charge is -2.64. The lowest BCUT2D eigenvalue weighted by atomic mass is 9.41. The van der Waals surface area contributed by atoms with Gasteiger partial charge in [0.05, 0.1) is 43.2 Å². The minimum atomic E-state index is -1.25. The molecule has 46 heavy (non-hydrogen) atoms. The van der Waals surface area contributed by atoms with Crippen molar-refractivity contribution in [2.45, 2.75) is 149 Å². The molecule has 0 aromatic rings. The number of hydrogen-bond donors (Lipinski definition) is 2. The molecule has 0 aromatic heterocycles. The molecule has 2 saturated heterocycles. The minimum Gasteiger partial charge on any atom is -0.457 e. The van der Waals surface area contributed by atoms with E-state index in [1.165, 1.54) is 32.6 Å². The molecule has 8 nitrogen and oxygen atoms in total. The lowest BCUT2D eigenvalue weighted by Crippen LogP contribution is -2.60. The Kier molecular flexibility index (Phi) is 8.39. The van der Waals surface area contributed by atoms with Crippen molar-refractivity contribution in [3.63, 3.8) is 0 Å². The smallest absolute Gasteiger partial charge is 0.303 e. The average molecular weight is 684 g/mol. The Balaban J connectivity index is 1.14. The van der Waals surface area contributed by atoms with Crippen molar-refractivity contribution in [3.05, 3.63) is 0 Å². The zero-order valence-electron chi connectivity index (χ0n) is 29.3. The van der Waals surface area contributed by atoms with E-state index in [9.17, 15) is 15.0 Å². The van der Waals surface area contributed by atoms with E-state index in [0.717, 1.165) is 32.4 Å². The van der Waals surface area contributed by atoms with Gasteiger partial charge in [-0.05, 0) is 111 Å². The van der Waals surface area contributed by atoms with E-state index in [2.05, 4.69) is 39.3 Å². The van der Waals surface area contributed by atoms with Gasteiger partial charge in [-0.3, -0.25) is 9.46 Å². The molecule has 2 spiro atoms. The Morgan fingerprint density at radius 2 is 1.78 bits per heavy atom. The number of esters is 1. The Morgan fingerprint density at radius 3 is 2.46 bits per heavy atom. The van der Waals surface area contributed by atoms with Crippen LogP contribution in [0.25, 0.3) is 0 Å². The van der Waals surface area contributed by atoms with Gasteiger partial charge in [0, 0.05) is 27.0 Å². The van der Waals surface area contributed by atoms with E-state index in [-0.39, 0.29) is 60.1 Å². The summed E-state index contributed by atoms with van der Waals surface area (Å²) in [6.07, 6.45) is 6.61. The van der Waals surface area contributed by atoms with Crippen molar-refractivity contribution in [3.8, 4) is 0 Å². The topological polar surface area (TPSA) is 97.7 Å². The van der Waals surface area contributed by atoms with Crippen LogP contribution >= 0.6 is 19.3 Å².